The largest absolute Gasteiger partial charge is 0.294 e. The van der Waals surface area contributed by atoms with E-state index >= 15 is 0 Å². The van der Waals surface area contributed by atoms with Crippen LogP contribution < -0.4 is 5.14 Å². The second-order valence-corrected chi connectivity index (χ2v) is 6.50. The van der Waals surface area contributed by atoms with Crippen molar-refractivity contribution in [3.63, 3.8) is 0 Å². The number of nitrogens with zero attached hydrogens (tertiary/aromatic N) is 6. The predicted octanol–water partition coefficient (Wildman–Crippen LogP) is -0.680. The summed E-state index contributed by atoms with van der Waals surface area (Å²) < 4.78 is 26.1. The molecular formula is C9H15N7O2S. The predicted molar refractivity (Wildman–Crippen MR) is 65.5 cm³/mol. The van der Waals surface area contributed by atoms with Crippen LogP contribution in [0.3, 0.4) is 0 Å². The topological polar surface area (TPSA) is 122 Å². The Bertz CT molecular complexity index is 666. The maximum atomic E-state index is 11.5. The van der Waals surface area contributed by atoms with Crippen molar-refractivity contribution in [1.29, 1.82) is 0 Å². The lowest BCUT2D eigenvalue weighted by atomic mass is 10.1. The number of hydrogen-bond acceptors (Lipinski definition) is 6. The zero-order valence-corrected chi connectivity index (χ0v) is 11.7. The molecule has 104 valence electrons. The molecule has 9 nitrogen and oxygen atoms in total. The van der Waals surface area contributed by atoms with E-state index in [-0.39, 0.29) is 11.7 Å². The molecule has 2 aromatic rings. The minimum absolute atomic E-state index is 0.255. The molecular weight excluding hydrogens is 270 g/mol. The third kappa shape index (κ3) is 2.79. The number of aromatic nitrogens is 6. The van der Waals surface area contributed by atoms with Gasteiger partial charge in [-0.3, -0.25) is 4.57 Å². The Morgan fingerprint density at radius 1 is 1.32 bits per heavy atom. The van der Waals surface area contributed by atoms with Crippen molar-refractivity contribution in [3.8, 4) is 0 Å². The minimum atomic E-state index is -3.93. The molecule has 0 saturated carbocycles. The van der Waals surface area contributed by atoms with E-state index in [0.29, 0.717) is 5.82 Å². The first-order valence-electron chi connectivity index (χ1n) is 5.49. The van der Waals surface area contributed by atoms with Gasteiger partial charge in [-0.15, -0.1) is 10.2 Å². The summed E-state index contributed by atoms with van der Waals surface area (Å²) in [5, 5.41) is 16.4. The number of sulfonamides is 1. The molecule has 0 fully saturated rings. The molecule has 0 aliphatic carbocycles. The van der Waals surface area contributed by atoms with E-state index in [2.05, 4.69) is 20.3 Å². The lowest BCUT2D eigenvalue weighted by Gasteiger charge is -2.24. The standard InChI is InChI=1S/C9H15N7O2S/c1-9(2,3)16-7(4-15-6-11-5-12-15)13-14-8(16)19(10,17)18/h5-6H,4H2,1-3H3,(H2,10,17,18). The second-order valence-electron chi connectivity index (χ2n) is 5.04. The number of hydrogen-bond donors (Lipinski definition) is 1. The molecule has 0 unspecified atom stereocenters. The molecule has 0 amide bonds. The first-order chi connectivity index (χ1) is 8.69. The quantitative estimate of drug-likeness (QED) is 0.797. The summed E-state index contributed by atoms with van der Waals surface area (Å²) in [7, 11) is -3.93. The Kier molecular flexibility index (Phi) is 3.14. The molecule has 0 saturated heterocycles. The average molecular weight is 285 g/mol. The molecule has 2 heterocycles. The van der Waals surface area contributed by atoms with Gasteiger partial charge in [0, 0.05) is 5.54 Å². The van der Waals surface area contributed by atoms with E-state index in [1.165, 1.54) is 21.9 Å². The highest BCUT2D eigenvalue weighted by Gasteiger charge is 2.28. The van der Waals surface area contributed by atoms with Crippen molar-refractivity contribution in [1.82, 2.24) is 29.5 Å². The van der Waals surface area contributed by atoms with Gasteiger partial charge in [-0.1, -0.05) is 0 Å². The van der Waals surface area contributed by atoms with E-state index in [1.807, 2.05) is 20.8 Å². The van der Waals surface area contributed by atoms with Crippen LogP contribution in [0.4, 0.5) is 0 Å². The van der Waals surface area contributed by atoms with Crippen LogP contribution in [0, 0.1) is 0 Å². The Hall–Kier alpha value is -1.81. The average Bonchev–Trinajstić information content (AvgIpc) is 2.84. The summed E-state index contributed by atoms with van der Waals surface area (Å²) in [5.74, 6) is 0.446. The molecule has 0 bridgehead atoms. The van der Waals surface area contributed by atoms with Crippen LogP contribution in [0.2, 0.25) is 0 Å². The van der Waals surface area contributed by atoms with Gasteiger partial charge in [0.1, 0.15) is 19.2 Å². The zero-order chi connectivity index (χ0) is 14.3. The fourth-order valence-corrected chi connectivity index (χ4v) is 2.51. The van der Waals surface area contributed by atoms with Crippen molar-refractivity contribution in [2.24, 2.45) is 5.14 Å². The Balaban J connectivity index is 2.54. The van der Waals surface area contributed by atoms with Gasteiger partial charge in [0.2, 0.25) is 0 Å². The van der Waals surface area contributed by atoms with E-state index in [1.54, 1.807) is 0 Å². The van der Waals surface area contributed by atoms with Crippen LogP contribution in [0.5, 0.6) is 0 Å². The third-order valence-corrected chi connectivity index (χ3v) is 3.17. The molecule has 0 radical (unpaired) electrons. The van der Waals surface area contributed by atoms with Gasteiger partial charge in [-0.05, 0) is 20.8 Å². The molecule has 19 heavy (non-hydrogen) atoms. The number of nitrogens with two attached hydrogens (primary N) is 1. The molecule has 0 spiro atoms. The maximum Gasteiger partial charge on any atom is 0.273 e. The first-order valence-corrected chi connectivity index (χ1v) is 7.04. The van der Waals surface area contributed by atoms with Crippen LogP contribution in [-0.2, 0) is 22.1 Å². The highest BCUT2D eigenvalue weighted by molar-refractivity contribution is 7.89. The lowest BCUT2D eigenvalue weighted by Crippen LogP contribution is -2.30. The Morgan fingerprint density at radius 3 is 2.47 bits per heavy atom. The highest BCUT2D eigenvalue weighted by Crippen LogP contribution is 2.21. The first kappa shape index (κ1) is 13.6. The van der Waals surface area contributed by atoms with E-state index < -0.39 is 15.6 Å². The van der Waals surface area contributed by atoms with E-state index in [4.69, 9.17) is 5.14 Å². The summed E-state index contributed by atoms with van der Waals surface area (Å²) in [4.78, 5) is 3.82. The van der Waals surface area contributed by atoms with Gasteiger partial charge in [-0.25, -0.2) is 23.2 Å². The maximum absolute atomic E-state index is 11.5. The molecule has 10 heteroatoms. The van der Waals surface area contributed by atoms with Crippen molar-refractivity contribution < 1.29 is 8.42 Å². The monoisotopic (exact) mass is 285 g/mol. The molecule has 0 aliphatic heterocycles. The van der Waals surface area contributed by atoms with Crippen LogP contribution in [0.25, 0.3) is 0 Å². The Labute approximate surface area is 110 Å². The molecule has 2 N–H and O–H groups in total. The molecule has 0 aromatic carbocycles. The van der Waals surface area contributed by atoms with E-state index in [9.17, 15) is 8.42 Å². The zero-order valence-electron chi connectivity index (χ0n) is 10.8. The van der Waals surface area contributed by atoms with Gasteiger partial charge in [0.15, 0.2) is 5.82 Å². The normalized spacial score (nSPS) is 12.8. The number of primary sulfonamides is 1. The summed E-state index contributed by atoms with van der Waals surface area (Å²) in [5.41, 5.74) is -0.527. The van der Waals surface area contributed by atoms with Gasteiger partial charge in [-0.2, -0.15) is 5.10 Å². The van der Waals surface area contributed by atoms with Crippen molar-refractivity contribution >= 4 is 10.0 Å². The number of rotatable bonds is 3. The van der Waals surface area contributed by atoms with Crippen LogP contribution in [0.1, 0.15) is 26.6 Å². The summed E-state index contributed by atoms with van der Waals surface area (Å²) in [6, 6.07) is 0. The van der Waals surface area contributed by atoms with Gasteiger partial charge < -0.3 is 0 Å². The molecule has 0 atom stereocenters. The lowest BCUT2D eigenvalue weighted by molar-refractivity contribution is 0.345. The van der Waals surface area contributed by atoms with E-state index in [0.717, 1.165) is 0 Å². The van der Waals surface area contributed by atoms with Crippen molar-refractivity contribution in [3.05, 3.63) is 18.5 Å². The van der Waals surface area contributed by atoms with Crippen LogP contribution >= 0.6 is 0 Å². The summed E-state index contributed by atoms with van der Waals surface area (Å²) >= 11 is 0. The van der Waals surface area contributed by atoms with Crippen molar-refractivity contribution in [2.45, 2.75) is 38.0 Å². The van der Waals surface area contributed by atoms with Gasteiger partial charge in [0.25, 0.3) is 15.2 Å². The van der Waals surface area contributed by atoms with Crippen LogP contribution in [-0.4, -0.2) is 37.9 Å². The molecule has 2 rings (SSSR count). The third-order valence-electron chi connectivity index (χ3n) is 2.40. The summed E-state index contributed by atoms with van der Waals surface area (Å²) in [6.07, 6.45) is 2.90. The summed E-state index contributed by atoms with van der Waals surface area (Å²) in [6.45, 7) is 5.79. The smallest absolute Gasteiger partial charge is 0.273 e. The molecule has 0 aliphatic rings. The fourth-order valence-electron chi connectivity index (χ4n) is 1.72. The van der Waals surface area contributed by atoms with Crippen molar-refractivity contribution in [2.75, 3.05) is 0 Å². The van der Waals surface area contributed by atoms with Gasteiger partial charge in [0.05, 0.1) is 0 Å². The minimum Gasteiger partial charge on any atom is -0.294 e. The Morgan fingerprint density at radius 2 is 2.00 bits per heavy atom. The SMILES string of the molecule is CC(C)(C)n1c(Cn2cncn2)nnc1S(N)(=O)=O. The van der Waals surface area contributed by atoms with Gasteiger partial charge >= 0.3 is 0 Å². The highest BCUT2D eigenvalue weighted by atomic mass is 32.2. The molecule has 2 aromatic heterocycles. The van der Waals surface area contributed by atoms with Crippen LogP contribution in [0.15, 0.2) is 17.8 Å². The fraction of sp³-hybridized carbons (Fsp3) is 0.556. The second kappa shape index (κ2) is 4.38.